The Kier molecular flexibility index (Phi) is 4.63. The van der Waals surface area contributed by atoms with Crippen molar-refractivity contribution in [1.29, 1.82) is 0 Å². The van der Waals surface area contributed by atoms with Gasteiger partial charge in [0, 0.05) is 11.8 Å². The minimum absolute atomic E-state index is 0.264. The molecular weight excluding hydrogens is 277 g/mol. The molecule has 7 heteroatoms. The molecule has 106 valence electrons. The van der Waals surface area contributed by atoms with Gasteiger partial charge in [0.1, 0.15) is 21.8 Å². The molecule has 0 amide bonds. The van der Waals surface area contributed by atoms with E-state index in [1.807, 2.05) is 0 Å². The first kappa shape index (κ1) is 16.0. The summed E-state index contributed by atoms with van der Waals surface area (Å²) in [6, 6.07) is 2.31. The molecule has 0 unspecified atom stereocenters. The van der Waals surface area contributed by atoms with E-state index in [2.05, 4.69) is 9.38 Å². The van der Waals surface area contributed by atoms with E-state index in [9.17, 15) is 17.7 Å². The topological polar surface area (TPSA) is 48.3 Å². The van der Waals surface area contributed by atoms with Gasteiger partial charge in [-0.05, 0) is 39.8 Å². The third-order valence-electron chi connectivity index (χ3n) is 2.21. The van der Waals surface area contributed by atoms with Crippen LogP contribution in [0.2, 0.25) is 0 Å². The highest BCUT2D eigenvalue weighted by Crippen LogP contribution is 2.28. The smallest absolute Gasteiger partial charge is 0.433 e. The molecule has 0 radical (unpaired) electrons. The number of pyridine rings is 1. The van der Waals surface area contributed by atoms with Gasteiger partial charge in [0.25, 0.3) is 0 Å². The van der Waals surface area contributed by atoms with Gasteiger partial charge in [-0.15, -0.1) is 0 Å². The van der Waals surface area contributed by atoms with Crippen molar-refractivity contribution in [2.75, 3.05) is 0 Å². The number of nitrogens with zero attached hydrogens (tertiary/aromatic N) is 2. The molecule has 0 N–H and O–H groups in total. The molecule has 3 nitrogen and oxygen atoms in total. The average molecular weight is 292 g/mol. The van der Waals surface area contributed by atoms with Crippen molar-refractivity contribution >= 4 is 17.1 Å². The quantitative estimate of drug-likeness (QED) is 0.620. The highest BCUT2D eigenvalue weighted by molar-refractivity contribution is 7.91. The van der Waals surface area contributed by atoms with Crippen LogP contribution in [0.5, 0.6) is 0 Å². The zero-order valence-corrected chi connectivity index (χ0v) is 11.9. The average Bonchev–Trinajstić information content (AvgIpc) is 2.26. The fraction of sp³-hybridized carbons (Fsp3) is 0.500. The SMILES string of the molecule is C/C(=N\[S@+]([O-])C(C)(C)C)c1ccnc(C(F)(F)F)c1. The molecule has 0 bridgehead atoms. The fourth-order valence-corrected chi connectivity index (χ4v) is 1.75. The number of rotatable bonds is 2. The predicted molar refractivity (Wildman–Crippen MR) is 69.3 cm³/mol. The molecule has 0 fully saturated rings. The summed E-state index contributed by atoms with van der Waals surface area (Å²) in [6.07, 6.45) is -3.43. The van der Waals surface area contributed by atoms with E-state index in [1.54, 1.807) is 20.8 Å². The summed E-state index contributed by atoms with van der Waals surface area (Å²) < 4.78 is 52.8. The Hall–Kier alpha value is -1.08. The third-order valence-corrected chi connectivity index (χ3v) is 3.70. The number of aromatic nitrogens is 1. The van der Waals surface area contributed by atoms with Gasteiger partial charge in [0.15, 0.2) is 0 Å². The van der Waals surface area contributed by atoms with Crippen LogP contribution in [0.4, 0.5) is 13.2 Å². The van der Waals surface area contributed by atoms with Crippen molar-refractivity contribution in [2.45, 2.75) is 38.6 Å². The summed E-state index contributed by atoms with van der Waals surface area (Å²) in [5.41, 5.74) is -0.429. The lowest BCUT2D eigenvalue weighted by Gasteiger charge is -2.18. The monoisotopic (exact) mass is 292 g/mol. The molecule has 0 aromatic carbocycles. The number of hydrogen-bond acceptors (Lipinski definition) is 3. The van der Waals surface area contributed by atoms with E-state index in [1.165, 1.54) is 13.0 Å². The second-order valence-corrected chi connectivity index (χ2v) is 6.87. The van der Waals surface area contributed by atoms with Gasteiger partial charge in [0.2, 0.25) is 0 Å². The normalized spacial score (nSPS) is 15.5. The number of hydrogen-bond donors (Lipinski definition) is 0. The van der Waals surface area contributed by atoms with Crippen molar-refractivity contribution in [3.8, 4) is 0 Å². The zero-order chi connectivity index (χ0) is 14.8. The first-order valence-electron chi connectivity index (χ1n) is 5.53. The number of halogens is 3. The van der Waals surface area contributed by atoms with Crippen LogP contribution in [0, 0.1) is 0 Å². The lowest BCUT2D eigenvalue weighted by Crippen LogP contribution is -2.26. The molecular formula is C12H15F3N2OS. The molecule has 1 heterocycles. The third kappa shape index (κ3) is 4.50. The van der Waals surface area contributed by atoms with E-state index in [0.717, 1.165) is 12.3 Å². The van der Waals surface area contributed by atoms with Gasteiger partial charge in [-0.2, -0.15) is 13.2 Å². The van der Waals surface area contributed by atoms with Crippen LogP contribution >= 0.6 is 0 Å². The summed E-state index contributed by atoms with van der Waals surface area (Å²) in [5.74, 6) is 0. The Bertz CT molecular complexity index is 481. The predicted octanol–water partition coefficient (Wildman–Crippen LogP) is 3.37. The lowest BCUT2D eigenvalue weighted by molar-refractivity contribution is -0.141. The van der Waals surface area contributed by atoms with Gasteiger partial charge in [-0.3, -0.25) is 4.98 Å². The molecule has 1 aromatic heterocycles. The van der Waals surface area contributed by atoms with E-state index in [0.29, 0.717) is 5.71 Å². The lowest BCUT2D eigenvalue weighted by atomic mass is 10.1. The van der Waals surface area contributed by atoms with Crippen LogP contribution in [0.25, 0.3) is 0 Å². The molecule has 0 saturated carbocycles. The molecule has 0 aliphatic carbocycles. The highest BCUT2D eigenvalue weighted by Gasteiger charge is 2.33. The van der Waals surface area contributed by atoms with Crippen LogP contribution in [0.15, 0.2) is 22.7 Å². The van der Waals surface area contributed by atoms with Gasteiger partial charge in [-0.25, -0.2) is 0 Å². The van der Waals surface area contributed by atoms with Crippen LogP contribution in [0.1, 0.15) is 39.0 Å². The van der Waals surface area contributed by atoms with Crippen LogP contribution in [-0.4, -0.2) is 20.0 Å². The Labute approximate surface area is 113 Å². The van der Waals surface area contributed by atoms with Crippen molar-refractivity contribution in [2.24, 2.45) is 4.40 Å². The summed E-state index contributed by atoms with van der Waals surface area (Å²) >= 11 is -1.51. The van der Waals surface area contributed by atoms with Crippen LogP contribution in [-0.2, 0) is 17.5 Å². The van der Waals surface area contributed by atoms with Crippen molar-refractivity contribution in [3.63, 3.8) is 0 Å². The number of alkyl halides is 3. The Morgan fingerprint density at radius 2 is 1.89 bits per heavy atom. The van der Waals surface area contributed by atoms with E-state index in [-0.39, 0.29) is 5.56 Å². The molecule has 0 aliphatic rings. The van der Waals surface area contributed by atoms with Crippen molar-refractivity contribution in [1.82, 2.24) is 4.98 Å². The largest absolute Gasteiger partial charge is 0.591 e. The molecule has 1 atom stereocenters. The Balaban J connectivity index is 3.07. The molecule has 0 aliphatic heterocycles. The standard InChI is InChI=1S/C12H15F3N2OS/c1-8(17-19(18)11(2,3)4)9-5-6-16-10(7-9)12(13,14)15/h5-7H,1-4H3/b17-8+/t19-/m1/s1. The Morgan fingerprint density at radius 1 is 1.32 bits per heavy atom. The fourth-order valence-electron chi connectivity index (χ4n) is 1.12. The first-order chi connectivity index (χ1) is 8.51. The maximum Gasteiger partial charge on any atom is 0.433 e. The van der Waals surface area contributed by atoms with Gasteiger partial charge in [0.05, 0.1) is 5.71 Å². The zero-order valence-electron chi connectivity index (χ0n) is 11.1. The van der Waals surface area contributed by atoms with Gasteiger partial charge < -0.3 is 4.55 Å². The van der Waals surface area contributed by atoms with Crippen molar-refractivity contribution in [3.05, 3.63) is 29.6 Å². The maximum absolute atomic E-state index is 12.5. The molecule has 1 rings (SSSR count). The second kappa shape index (κ2) is 5.50. The minimum atomic E-state index is -4.50. The molecule has 0 saturated heterocycles. The minimum Gasteiger partial charge on any atom is -0.591 e. The maximum atomic E-state index is 12.5. The highest BCUT2D eigenvalue weighted by atomic mass is 32.2. The summed E-state index contributed by atoms with van der Waals surface area (Å²) in [6.45, 7) is 6.76. The summed E-state index contributed by atoms with van der Waals surface area (Å²) in [4.78, 5) is 3.27. The van der Waals surface area contributed by atoms with Gasteiger partial charge in [-0.1, -0.05) is 4.40 Å². The molecule has 1 aromatic rings. The van der Waals surface area contributed by atoms with E-state index >= 15 is 0 Å². The van der Waals surface area contributed by atoms with Gasteiger partial charge >= 0.3 is 6.18 Å². The summed E-state index contributed by atoms with van der Waals surface area (Å²) in [7, 11) is 0. The van der Waals surface area contributed by atoms with Crippen LogP contribution in [0.3, 0.4) is 0 Å². The Morgan fingerprint density at radius 3 is 2.37 bits per heavy atom. The summed E-state index contributed by atoms with van der Waals surface area (Å²) in [5, 5.41) is 0. The molecule has 0 spiro atoms. The van der Waals surface area contributed by atoms with E-state index in [4.69, 9.17) is 0 Å². The van der Waals surface area contributed by atoms with Crippen molar-refractivity contribution < 1.29 is 17.7 Å². The molecule has 19 heavy (non-hydrogen) atoms. The second-order valence-electron chi connectivity index (χ2n) is 4.97. The van der Waals surface area contributed by atoms with Crippen LogP contribution < -0.4 is 0 Å². The van der Waals surface area contributed by atoms with E-state index < -0.39 is 28.0 Å². The first-order valence-corrected chi connectivity index (χ1v) is 6.63.